The first kappa shape index (κ1) is 19.2. The number of carbonyl (C=O) groups is 1. The molecule has 0 spiro atoms. The molecule has 0 aliphatic carbocycles. The molecule has 6 nitrogen and oxygen atoms in total. The number of aldehydes is 1. The van der Waals surface area contributed by atoms with Crippen molar-refractivity contribution in [3.8, 4) is 16.8 Å². The van der Waals surface area contributed by atoms with Crippen LogP contribution < -0.4 is 0 Å². The van der Waals surface area contributed by atoms with Crippen LogP contribution in [-0.4, -0.2) is 48.6 Å². The van der Waals surface area contributed by atoms with E-state index in [2.05, 4.69) is 10.1 Å². The second kappa shape index (κ2) is 8.94. The van der Waals surface area contributed by atoms with E-state index in [0.29, 0.717) is 17.1 Å². The number of nitroso groups, excluding NO2 is 1. The van der Waals surface area contributed by atoms with Gasteiger partial charge in [0.15, 0.2) is 6.29 Å². The fraction of sp³-hybridized carbons (Fsp3) is 0.261. The summed E-state index contributed by atoms with van der Waals surface area (Å²) in [4.78, 5) is 25.5. The molecular formula is C23H23N3O3. The van der Waals surface area contributed by atoms with Gasteiger partial charge in [-0.1, -0.05) is 36.4 Å². The Kier molecular flexibility index (Phi) is 5.93. The number of benzene rings is 2. The molecule has 148 valence electrons. The lowest BCUT2D eigenvalue weighted by molar-refractivity contribution is 0.0384. The van der Waals surface area contributed by atoms with Crippen LogP contribution in [0.25, 0.3) is 16.8 Å². The van der Waals surface area contributed by atoms with Gasteiger partial charge in [-0.3, -0.25) is 9.69 Å². The molecule has 1 fully saturated rings. The molecule has 3 aromatic rings. The van der Waals surface area contributed by atoms with Gasteiger partial charge < -0.3 is 9.30 Å². The number of rotatable bonds is 7. The van der Waals surface area contributed by atoms with Crippen molar-refractivity contribution in [1.82, 2.24) is 9.47 Å². The highest BCUT2D eigenvalue weighted by molar-refractivity contribution is 5.80. The van der Waals surface area contributed by atoms with Gasteiger partial charge in [-0.2, -0.15) is 0 Å². The Labute approximate surface area is 169 Å². The molecule has 1 aliphatic rings. The lowest BCUT2D eigenvalue weighted by Crippen LogP contribution is -2.37. The Hall–Kier alpha value is -3.09. The van der Waals surface area contributed by atoms with Gasteiger partial charge in [0.2, 0.25) is 0 Å². The molecule has 1 aliphatic heterocycles. The van der Waals surface area contributed by atoms with Crippen LogP contribution >= 0.6 is 0 Å². The number of aromatic nitrogens is 1. The van der Waals surface area contributed by atoms with Crippen molar-refractivity contribution < 1.29 is 9.53 Å². The second-order valence-electron chi connectivity index (χ2n) is 7.13. The average molecular weight is 389 g/mol. The van der Waals surface area contributed by atoms with Crippen molar-refractivity contribution >= 4 is 12.0 Å². The van der Waals surface area contributed by atoms with Crippen LogP contribution in [0.3, 0.4) is 0 Å². The van der Waals surface area contributed by atoms with E-state index < -0.39 is 0 Å². The van der Waals surface area contributed by atoms with Crippen molar-refractivity contribution in [3.05, 3.63) is 77.0 Å². The van der Waals surface area contributed by atoms with E-state index in [0.717, 1.165) is 62.2 Å². The third-order valence-electron chi connectivity index (χ3n) is 5.30. The average Bonchev–Trinajstić information content (AvgIpc) is 3.23. The van der Waals surface area contributed by atoms with Crippen LogP contribution in [0.5, 0.6) is 0 Å². The minimum Gasteiger partial charge on any atom is -0.379 e. The highest BCUT2D eigenvalue weighted by Crippen LogP contribution is 2.30. The third-order valence-corrected chi connectivity index (χ3v) is 5.30. The highest BCUT2D eigenvalue weighted by Gasteiger charge is 2.15. The number of nitrogens with zero attached hydrogens (tertiary/aromatic N) is 3. The van der Waals surface area contributed by atoms with E-state index >= 15 is 0 Å². The fourth-order valence-corrected chi connectivity index (χ4v) is 3.67. The molecule has 1 saturated heterocycles. The van der Waals surface area contributed by atoms with Gasteiger partial charge in [-0.25, -0.2) is 0 Å². The summed E-state index contributed by atoms with van der Waals surface area (Å²) in [5.74, 6) is 0. The molecule has 6 heteroatoms. The number of ether oxygens (including phenoxy) is 1. The summed E-state index contributed by atoms with van der Waals surface area (Å²) in [5, 5.41) is 3.18. The normalized spacial score (nSPS) is 14.6. The molecule has 1 aromatic heterocycles. The van der Waals surface area contributed by atoms with Crippen LogP contribution in [0, 0.1) is 4.91 Å². The maximum Gasteiger partial charge on any atom is 0.166 e. The highest BCUT2D eigenvalue weighted by atomic mass is 16.5. The van der Waals surface area contributed by atoms with Gasteiger partial charge >= 0.3 is 0 Å². The molecule has 2 aromatic carbocycles. The molecule has 29 heavy (non-hydrogen) atoms. The maximum absolute atomic E-state index is 11.7. The first-order chi connectivity index (χ1) is 14.3. The topological polar surface area (TPSA) is 63.9 Å². The minimum atomic E-state index is 0.318. The summed E-state index contributed by atoms with van der Waals surface area (Å²) in [6.45, 7) is 4.35. The Balaban J connectivity index is 1.65. The lowest BCUT2D eigenvalue weighted by Gasteiger charge is -2.26. The fourth-order valence-electron chi connectivity index (χ4n) is 3.67. The van der Waals surface area contributed by atoms with Gasteiger partial charge in [-0.15, -0.1) is 4.91 Å². The molecule has 4 rings (SSSR count). The third kappa shape index (κ3) is 4.34. The Bertz CT molecular complexity index is 992. The van der Waals surface area contributed by atoms with Crippen molar-refractivity contribution in [3.63, 3.8) is 0 Å². The zero-order valence-electron chi connectivity index (χ0n) is 16.2. The zero-order chi connectivity index (χ0) is 20.1. The molecule has 0 N–H and O–H groups in total. The van der Waals surface area contributed by atoms with E-state index in [4.69, 9.17) is 4.74 Å². The zero-order valence-corrected chi connectivity index (χ0v) is 16.2. The summed E-state index contributed by atoms with van der Waals surface area (Å²) in [5.41, 5.74) is 4.47. The molecule has 0 radical (unpaired) electrons. The predicted octanol–water partition coefficient (Wildman–Crippen LogP) is 4.23. The summed E-state index contributed by atoms with van der Waals surface area (Å²) in [6, 6.07) is 17.3. The van der Waals surface area contributed by atoms with Crippen LogP contribution in [0.1, 0.15) is 16.1 Å². The predicted molar refractivity (Wildman–Crippen MR) is 113 cm³/mol. The van der Waals surface area contributed by atoms with Crippen LogP contribution in [0.2, 0.25) is 0 Å². The monoisotopic (exact) mass is 389 g/mol. The Morgan fingerprint density at radius 3 is 2.52 bits per heavy atom. The van der Waals surface area contributed by atoms with Crippen molar-refractivity contribution in [2.24, 2.45) is 5.18 Å². The van der Waals surface area contributed by atoms with Gasteiger partial charge in [0.25, 0.3) is 0 Å². The van der Waals surface area contributed by atoms with E-state index in [9.17, 15) is 9.70 Å². The SMILES string of the molecule is O=Cc1cc(-c2ccccc2)cn1-c1cc(CCN2CCOCC2)ccc1N=O. The van der Waals surface area contributed by atoms with Crippen LogP contribution in [0.15, 0.2) is 66.0 Å². The van der Waals surface area contributed by atoms with Crippen molar-refractivity contribution in [1.29, 1.82) is 0 Å². The van der Waals surface area contributed by atoms with Crippen molar-refractivity contribution in [2.75, 3.05) is 32.8 Å². The first-order valence-electron chi connectivity index (χ1n) is 9.78. The maximum atomic E-state index is 11.7. The summed E-state index contributed by atoms with van der Waals surface area (Å²) >= 11 is 0. The van der Waals surface area contributed by atoms with E-state index in [1.807, 2.05) is 54.7 Å². The number of hydrogen-bond donors (Lipinski definition) is 0. The summed E-state index contributed by atoms with van der Waals surface area (Å²) < 4.78 is 7.15. The van der Waals surface area contributed by atoms with E-state index in [-0.39, 0.29) is 0 Å². The first-order valence-corrected chi connectivity index (χ1v) is 9.78. The van der Waals surface area contributed by atoms with Gasteiger partial charge in [0, 0.05) is 31.4 Å². The Morgan fingerprint density at radius 2 is 1.79 bits per heavy atom. The molecule has 2 heterocycles. The number of hydrogen-bond acceptors (Lipinski definition) is 5. The van der Waals surface area contributed by atoms with Gasteiger partial charge in [0.05, 0.1) is 24.6 Å². The largest absolute Gasteiger partial charge is 0.379 e. The van der Waals surface area contributed by atoms with E-state index in [1.54, 1.807) is 10.6 Å². The van der Waals surface area contributed by atoms with Crippen molar-refractivity contribution in [2.45, 2.75) is 6.42 Å². The molecule has 0 atom stereocenters. The second-order valence-corrected chi connectivity index (χ2v) is 7.13. The van der Waals surface area contributed by atoms with Crippen LogP contribution in [-0.2, 0) is 11.2 Å². The Morgan fingerprint density at radius 1 is 1.00 bits per heavy atom. The van der Waals surface area contributed by atoms with E-state index in [1.165, 1.54) is 0 Å². The molecule has 0 unspecified atom stereocenters. The molecule has 0 bridgehead atoms. The molecule has 0 amide bonds. The number of morpholine rings is 1. The number of carbonyl (C=O) groups excluding carboxylic acids is 1. The summed E-state index contributed by atoms with van der Waals surface area (Å²) in [7, 11) is 0. The smallest absolute Gasteiger partial charge is 0.166 e. The lowest BCUT2D eigenvalue weighted by atomic mass is 10.1. The molecular weight excluding hydrogens is 366 g/mol. The standard InChI is InChI=1S/C23H23N3O3/c27-17-21-15-20(19-4-2-1-3-5-19)16-26(21)23-14-18(6-7-22(23)24-28)8-9-25-10-12-29-13-11-25/h1-7,14-17H,8-13H2. The van der Waals surface area contributed by atoms with Crippen LogP contribution in [0.4, 0.5) is 5.69 Å². The minimum absolute atomic E-state index is 0.318. The van der Waals surface area contributed by atoms with Gasteiger partial charge in [-0.05, 0) is 40.9 Å². The quantitative estimate of drug-likeness (QED) is 0.448. The van der Waals surface area contributed by atoms with Gasteiger partial charge in [0.1, 0.15) is 5.69 Å². The molecule has 0 saturated carbocycles. The summed E-state index contributed by atoms with van der Waals surface area (Å²) in [6.07, 6.45) is 3.55.